The van der Waals surface area contributed by atoms with Gasteiger partial charge in [0.15, 0.2) is 0 Å². The Labute approximate surface area is 185 Å². The lowest BCUT2D eigenvalue weighted by atomic mass is 10.1. The molecular weight excluding hydrogens is 416 g/mol. The minimum atomic E-state index is 0.0554. The zero-order chi connectivity index (χ0) is 20.8. The average molecular weight is 439 g/mol. The van der Waals surface area contributed by atoms with Crippen molar-refractivity contribution in [1.29, 1.82) is 0 Å². The lowest BCUT2D eigenvalue weighted by molar-refractivity contribution is 0.1000. The number of fused-ring (bicyclic) bond motifs is 1. The van der Waals surface area contributed by atoms with E-state index in [4.69, 9.17) is 16.3 Å². The number of ether oxygens (including phenoxy) is 1. The van der Waals surface area contributed by atoms with Crippen LogP contribution in [0.3, 0.4) is 0 Å². The zero-order valence-electron chi connectivity index (χ0n) is 17.0. The van der Waals surface area contributed by atoms with E-state index in [0.717, 1.165) is 51.1 Å². The summed E-state index contributed by atoms with van der Waals surface area (Å²) in [6.45, 7) is 4.95. The number of hydrogen-bond acceptors (Lipinski definition) is 4. The van der Waals surface area contributed by atoms with E-state index in [-0.39, 0.29) is 5.91 Å². The quantitative estimate of drug-likeness (QED) is 0.494. The maximum Gasteiger partial charge on any atom is 0.269 e. The van der Waals surface area contributed by atoms with Gasteiger partial charge in [0.2, 0.25) is 0 Å². The van der Waals surface area contributed by atoms with Crippen molar-refractivity contribution >= 4 is 40.2 Å². The second-order valence-electron chi connectivity index (χ2n) is 8.06. The van der Waals surface area contributed by atoms with Crippen molar-refractivity contribution in [2.45, 2.75) is 19.9 Å². The van der Waals surface area contributed by atoms with Gasteiger partial charge in [-0.15, -0.1) is 11.3 Å². The summed E-state index contributed by atoms with van der Waals surface area (Å²) in [6, 6.07) is 16.0. The summed E-state index contributed by atoms with van der Waals surface area (Å²) in [6.07, 6.45) is 1.20. The summed E-state index contributed by atoms with van der Waals surface area (Å²) in [5.41, 5.74) is 4.15. The molecule has 0 spiro atoms. The molecule has 30 heavy (non-hydrogen) atoms. The van der Waals surface area contributed by atoms with Crippen LogP contribution in [-0.2, 0) is 6.54 Å². The minimum Gasteiger partial charge on any atom is -0.495 e. The van der Waals surface area contributed by atoms with Crippen molar-refractivity contribution in [3.05, 3.63) is 64.0 Å². The van der Waals surface area contributed by atoms with E-state index in [1.165, 1.54) is 6.42 Å². The van der Waals surface area contributed by atoms with E-state index >= 15 is 0 Å². The van der Waals surface area contributed by atoms with Crippen LogP contribution in [-0.4, -0.2) is 26.1 Å². The Morgan fingerprint density at radius 3 is 2.60 bits per heavy atom. The van der Waals surface area contributed by atoms with E-state index in [1.807, 2.05) is 41.3 Å². The van der Waals surface area contributed by atoms with Crippen molar-refractivity contribution in [3.63, 3.8) is 0 Å². The molecule has 1 atom stereocenters. The van der Waals surface area contributed by atoms with Crippen molar-refractivity contribution in [2.24, 2.45) is 5.92 Å². The number of carbonyl (C=O) groups is 1. The molecule has 1 saturated heterocycles. The molecule has 0 bridgehead atoms. The number of rotatable bonds is 4. The molecule has 6 heteroatoms. The van der Waals surface area contributed by atoms with Crippen LogP contribution < -0.4 is 14.5 Å². The second-order valence-corrected chi connectivity index (χ2v) is 9.55. The van der Waals surface area contributed by atoms with E-state index in [0.29, 0.717) is 17.5 Å². The third-order valence-electron chi connectivity index (χ3n) is 5.95. The van der Waals surface area contributed by atoms with Gasteiger partial charge in [-0.05, 0) is 53.8 Å². The Bertz CT molecular complexity index is 1110. The van der Waals surface area contributed by atoms with Gasteiger partial charge in [-0.3, -0.25) is 4.79 Å². The SMILES string of the molecule is COc1cc(N2Cc3cc(-c4ccc(Cl)cc4)sc3C2=O)ccc1N1CC[C@@H](C)C1. The Hall–Kier alpha value is -2.50. The van der Waals surface area contributed by atoms with Gasteiger partial charge in [-0.25, -0.2) is 0 Å². The fourth-order valence-electron chi connectivity index (χ4n) is 4.31. The maximum absolute atomic E-state index is 13.1. The van der Waals surface area contributed by atoms with Crippen molar-refractivity contribution in [2.75, 3.05) is 30.0 Å². The first-order valence-electron chi connectivity index (χ1n) is 10.2. The van der Waals surface area contributed by atoms with Gasteiger partial charge in [0.25, 0.3) is 5.91 Å². The second kappa shape index (κ2) is 7.64. The number of benzene rings is 2. The molecule has 5 rings (SSSR count). The Morgan fingerprint density at radius 2 is 1.93 bits per heavy atom. The topological polar surface area (TPSA) is 32.8 Å². The van der Waals surface area contributed by atoms with Crippen LogP contribution in [0.4, 0.5) is 11.4 Å². The lowest BCUT2D eigenvalue weighted by Gasteiger charge is -2.23. The molecular formula is C24H23ClN2O2S. The van der Waals surface area contributed by atoms with Crippen LogP contribution in [0.2, 0.25) is 5.02 Å². The normalized spacial score (nSPS) is 18.2. The molecule has 2 aliphatic rings. The molecule has 2 aliphatic heterocycles. The van der Waals surface area contributed by atoms with E-state index in [1.54, 1.807) is 18.4 Å². The van der Waals surface area contributed by atoms with Crippen LogP contribution >= 0.6 is 22.9 Å². The minimum absolute atomic E-state index is 0.0554. The molecule has 0 N–H and O–H groups in total. The predicted octanol–water partition coefficient (Wildman–Crippen LogP) is 6.08. The number of methoxy groups -OCH3 is 1. The van der Waals surface area contributed by atoms with Gasteiger partial charge in [-0.1, -0.05) is 30.7 Å². The van der Waals surface area contributed by atoms with Gasteiger partial charge in [0.1, 0.15) is 5.75 Å². The largest absolute Gasteiger partial charge is 0.495 e. The number of hydrogen-bond donors (Lipinski definition) is 0. The summed E-state index contributed by atoms with van der Waals surface area (Å²) in [4.78, 5) is 19.3. The number of carbonyl (C=O) groups excluding carboxylic acids is 1. The van der Waals surface area contributed by atoms with Crippen LogP contribution in [0.5, 0.6) is 5.75 Å². The summed E-state index contributed by atoms with van der Waals surface area (Å²) in [5.74, 6) is 1.58. The number of thiophene rings is 1. The highest BCUT2D eigenvalue weighted by molar-refractivity contribution is 7.17. The Morgan fingerprint density at radius 1 is 1.13 bits per heavy atom. The lowest BCUT2D eigenvalue weighted by Crippen LogP contribution is -2.24. The van der Waals surface area contributed by atoms with E-state index in [9.17, 15) is 4.79 Å². The third kappa shape index (κ3) is 3.36. The average Bonchev–Trinajstić information content (AvgIpc) is 3.44. The van der Waals surface area contributed by atoms with Gasteiger partial charge in [0, 0.05) is 34.7 Å². The molecule has 0 radical (unpaired) electrons. The summed E-state index contributed by atoms with van der Waals surface area (Å²) in [7, 11) is 1.70. The molecule has 1 aromatic heterocycles. The monoisotopic (exact) mass is 438 g/mol. The highest BCUT2D eigenvalue weighted by atomic mass is 35.5. The predicted molar refractivity (Wildman–Crippen MR) is 124 cm³/mol. The molecule has 1 fully saturated rings. The highest BCUT2D eigenvalue weighted by Crippen LogP contribution is 2.41. The first-order chi connectivity index (χ1) is 14.5. The van der Waals surface area contributed by atoms with Crippen molar-refractivity contribution in [1.82, 2.24) is 0 Å². The molecule has 1 amide bonds. The van der Waals surface area contributed by atoms with E-state index in [2.05, 4.69) is 24.0 Å². The zero-order valence-corrected chi connectivity index (χ0v) is 18.6. The molecule has 0 aliphatic carbocycles. The van der Waals surface area contributed by atoms with E-state index < -0.39 is 0 Å². The molecule has 3 aromatic rings. The molecule has 3 heterocycles. The number of halogens is 1. The van der Waals surface area contributed by atoms with Crippen molar-refractivity contribution < 1.29 is 9.53 Å². The Balaban J connectivity index is 1.40. The van der Waals surface area contributed by atoms with Gasteiger partial charge < -0.3 is 14.5 Å². The standard InChI is InChI=1S/C24H23ClN2O2S/c1-15-9-10-26(13-15)20-8-7-19(12-21(20)29-2)27-14-17-11-22(30-23(17)24(27)28)16-3-5-18(25)6-4-16/h3-8,11-12,15H,9-10,13-14H2,1-2H3/t15-/m1/s1. The first-order valence-corrected chi connectivity index (χ1v) is 11.4. The summed E-state index contributed by atoms with van der Waals surface area (Å²) in [5, 5.41) is 0.714. The number of amides is 1. The van der Waals surface area contributed by atoms with Crippen molar-refractivity contribution in [3.8, 4) is 16.2 Å². The third-order valence-corrected chi connectivity index (χ3v) is 7.41. The number of nitrogens with zero attached hydrogens (tertiary/aromatic N) is 2. The van der Waals surface area contributed by atoms with Crippen LogP contribution in [0.15, 0.2) is 48.5 Å². The molecule has 0 unspecified atom stereocenters. The van der Waals surface area contributed by atoms with Crippen LogP contribution in [0, 0.1) is 5.92 Å². The van der Waals surface area contributed by atoms with Gasteiger partial charge in [-0.2, -0.15) is 0 Å². The van der Waals surface area contributed by atoms with Gasteiger partial charge in [0.05, 0.1) is 24.2 Å². The Kier molecular flexibility index (Phi) is 4.95. The fourth-order valence-corrected chi connectivity index (χ4v) is 5.56. The summed E-state index contributed by atoms with van der Waals surface area (Å²) < 4.78 is 5.69. The molecule has 0 saturated carbocycles. The molecule has 4 nitrogen and oxygen atoms in total. The molecule has 2 aromatic carbocycles. The number of anilines is 2. The summed E-state index contributed by atoms with van der Waals surface area (Å²) >= 11 is 7.55. The molecule has 154 valence electrons. The van der Waals surface area contributed by atoms with Gasteiger partial charge >= 0.3 is 0 Å². The smallest absolute Gasteiger partial charge is 0.269 e. The van der Waals surface area contributed by atoms with Crippen LogP contribution in [0.25, 0.3) is 10.4 Å². The maximum atomic E-state index is 13.1. The van der Waals surface area contributed by atoms with Crippen LogP contribution in [0.1, 0.15) is 28.6 Å². The fraction of sp³-hybridized carbons (Fsp3) is 0.292. The highest BCUT2D eigenvalue weighted by Gasteiger charge is 2.32. The first kappa shape index (κ1) is 19.5.